The van der Waals surface area contributed by atoms with E-state index in [1.54, 1.807) is 19.1 Å². The molecule has 0 saturated carbocycles. The lowest BCUT2D eigenvalue weighted by Crippen LogP contribution is -2.58. The molecule has 0 aliphatic carbocycles. The summed E-state index contributed by atoms with van der Waals surface area (Å²) >= 11 is 0. The van der Waals surface area contributed by atoms with Crippen LogP contribution in [-0.4, -0.2) is 54.5 Å². The molecular weight excluding hydrogens is 166 g/mol. The summed E-state index contributed by atoms with van der Waals surface area (Å²) in [6.07, 6.45) is 0. The molecule has 1 fully saturated rings. The Balaban J connectivity index is 2.22. The van der Waals surface area contributed by atoms with E-state index in [9.17, 15) is 4.91 Å². The van der Waals surface area contributed by atoms with Gasteiger partial charge in [-0.2, -0.15) is 0 Å². The summed E-state index contributed by atoms with van der Waals surface area (Å²) in [6.45, 7) is 7.35. The molecule has 1 rings (SSSR count). The summed E-state index contributed by atoms with van der Waals surface area (Å²) in [5.74, 6) is 0.695. The molecule has 0 spiro atoms. The first-order chi connectivity index (χ1) is 6.00. The Labute approximate surface area is 80.0 Å². The molecule has 13 heavy (non-hydrogen) atoms. The van der Waals surface area contributed by atoms with Crippen LogP contribution in [0, 0.1) is 10.8 Å². The van der Waals surface area contributed by atoms with Crippen LogP contribution in [0.4, 0.5) is 0 Å². The molecule has 0 aromatic carbocycles. The highest BCUT2D eigenvalue weighted by Gasteiger charge is 2.40. The fourth-order valence-corrected chi connectivity index (χ4v) is 1.67. The topological polar surface area (TPSA) is 26.6 Å². The molecule has 1 saturated heterocycles. The van der Waals surface area contributed by atoms with Gasteiger partial charge in [0.15, 0.2) is 0 Å². The first kappa shape index (κ1) is 10.4. The van der Waals surface area contributed by atoms with Gasteiger partial charge < -0.3 is 0 Å². The van der Waals surface area contributed by atoms with E-state index in [0.717, 1.165) is 24.5 Å². The van der Waals surface area contributed by atoms with Gasteiger partial charge in [-0.3, -0.25) is 4.90 Å². The summed E-state index contributed by atoms with van der Waals surface area (Å²) in [5, 5.41) is 1.61. The molecule has 1 aliphatic rings. The summed E-state index contributed by atoms with van der Waals surface area (Å²) in [5.41, 5.74) is 0. The van der Waals surface area contributed by atoms with Gasteiger partial charge >= 0.3 is 0 Å². The van der Waals surface area contributed by atoms with Gasteiger partial charge in [-0.25, -0.2) is 0 Å². The fourth-order valence-electron chi connectivity index (χ4n) is 1.67. The molecule has 4 heteroatoms. The molecule has 1 aliphatic heterocycles. The summed E-state index contributed by atoms with van der Waals surface area (Å²) < 4.78 is 0. The number of rotatable bonds is 4. The molecule has 0 aromatic rings. The highest BCUT2D eigenvalue weighted by Crippen LogP contribution is 2.13. The maximum Gasteiger partial charge on any atom is 0.259 e. The minimum Gasteiger partial charge on any atom is -0.290 e. The lowest BCUT2D eigenvalue weighted by atomic mass is 10.1. The molecule has 0 unspecified atom stereocenters. The summed E-state index contributed by atoms with van der Waals surface area (Å²) in [6, 6.07) is 0.175. The predicted molar refractivity (Wildman–Crippen MR) is 52.4 cm³/mol. The zero-order chi connectivity index (χ0) is 10.0. The molecular formula is C9H20N3O+. The highest BCUT2D eigenvalue weighted by molar-refractivity contribution is 4.79. The van der Waals surface area contributed by atoms with Crippen LogP contribution in [0.1, 0.15) is 13.8 Å². The lowest BCUT2D eigenvalue weighted by molar-refractivity contribution is -0.732. The maximum atomic E-state index is 11.4. The molecule has 0 amide bonds. The number of hydrogen-bond donors (Lipinski definition) is 0. The number of nitrogens with zero attached hydrogens (tertiary/aromatic N) is 3. The van der Waals surface area contributed by atoms with Crippen LogP contribution in [0.15, 0.2) is 0 Å². The molecule has 4 nitrogen and oxygen atoms in total. The van der Waals surface area contributed by atoms with E-state index in [1.807, 2.05) is 0 Å². The first-order valence-electron chi connectivity index (χ1n) is 4.86. The average Bonchev–Trinajstić information content (AvgIpc) is 1.94. The number of nitroso groups, excluding NO2 is 1. The van der Waals surface area contributed by atoms with Gasteiger partial charge in [0.1, 0.15) is 4.87 Å². The van der Waals surface area contributed by atoms with Crippen molar-refractivity contribution in [2.24, 2.45) is 5.92 Å². The third-order valence-electron chi connectivity index (χ3n) is 2.27. The summed E-state index contributed by atoms with van der Waals surface area (Å²) in [7, 11) is 3.58. The largest absolute Gasteiger partial charge is 0.290 e. The Kier molecular flexibility index (Phi) is 3.25. The molecule has 0 aromatic heterocycles. The minimum atomic E-state index is 0.175. The molecule has 0 N–H and O–H groups in total. The van der Waals surface area contributed by atoms with Gasteiger partial charge in [0.25, 0.3) is 6.04 Å². The van der Waals surface area contributed by atoms with Crippen molar-refractivity contribution in [2.75, 3.05) is 33.7 Å². The number of hydrogen-bond acceptors (Lipinski definition) is 2. The zero-order valence-corrected chi connectivity index (χ0v) is 9.03. The Morgan fingerprint density at radius 2 is 2.00 bits per heavy atom. The standard InChI is InChI=1S/C9H20N3O/c1-8(2)5-11-6-9(7-11)12(13)10(3)4/h8-9H,5-7H2,1-4H3/q+1. The van der Waals surface area contributed by atoms with Gasteiger partial charge in [0, 0.05) is 6.54 Å². The van der Waals surface area contributed by atoms with E-state index in [-0.39, 0.29) is 6.04 Å². The third-order valence-corrected chi connectivity index (χ3v) is 2.27. The van der Waals surface area contributed by atoms with E-state index >= 15 is 0 Å². The van der Waals surface area contributed by atoms with Crippen molar-refractivity contribution in [3.63, 3.8) is 0 Å². The molecule has 0 bridgehead atoms. The van der Waals surface area contributed by atoms with E-state index in [2.05, 4.69) is 18.7 Å². The second-order valence-electron chi connectivity index (χ2n) is 4.42. The smallest absolute Gasteiger partial charge is 0.259 e. The molecule has 0 radical (unpaired) electrons. The highest BCUT2D eigenvalue weighted by atomic mass is 16.3. The van der Waals surface area contributed by atoms with Crippen molar-refractivity contribution in [3.8, 4) is 0 Å². The van der Waals surface area contributed by atoms with Crippen LogP contribution in [0.5, 0.6) is 0 Å². The van der Waals surface area contributed by atoms with Gasteiger partial charge in [0.05, 0.1) is 32.1 Å². The van der Waals surface area contributed by atoms with E-state index in [0.29, 0.717) is 5.92 Å². The fraction of sp³-hybridized carbons (Fsp3) is 1.00. The van der Waals surface area contributed by atoms with Crippen molar-refractivity contribution >= 4 is 0 Å². The normalized spacial score (nSPS) is 18.8. The minimum absolute atomic E-state index is 0.175. The van der Waals surface area contributed by atoms with Crippen molar-refractivity contribution in [2.45, 2.75) is 19.9 Å². The maximum absolute atomic E-state index is 11.4. The van der Waals surface area contributed by atoms with Crippen molar-refractivity contribution in [3.05, 3.63) is 4.91 Å². The SMILES string of the molecule is CC(C)CN1CC([N+](=O)N(C)C)C1. The van der Waals surface area contributed by atoms with Crippen LogP contribution in [0.3, 0.4) is 0 Å². The van der Waals surface area contributed by atoms with Crippen molar-refractivity contribution in [1.82, 2.24) is 9.91 Å². The van der Waals surface area contributed by atoms with Gasteiger partial charge in [0.2, 0.25) is 0 Å². The lowest BCUT2D eigenvalue weighted by Gasteiger charge is -2.34. The van der Waals surface area contributed by atoms with Crippen molar-refractivity contribution in [1.29, 1.82) is 0 Å². The Bertz CT molecular complexity index is 185. The summed E-state index contributed by atoms with van der Waals surface area (Å²) in [4.78, 5) is 14.8. The third kappa shape index (κ3) is 2.66. The van der Waals surface area contributed by atoms with Crippen molar-refractivity contribution < 1.29 is 4.87 Å². The first-order valence-corrected chi connectivity index (χ1v) is 4.86. The quantitative estimate of drug-likeness (QED) is 0.474. The van der Waals surface area contributed by atoms with E-state index < -0.39 is 0 Å². The van der Waals surface area contributed by atoms with Crippen LogP contribution >= 0.6 is 0 Å². The van der Waals surface area contributed by atoms with Crippen LogP contribution in [0.2, 0.25) is 0 Å². The van der Waals surface area contributed by atoms with Crippen LogP contribution in [0.25, 0.3) is 0 Å². The Morgan fingerprint density at radius 3 is 2.38 bits per heavy atom. The number of likely N-dealkylation sites (tertiary alicyclic amines) is 1. The van der Waals surface area contributed by atoms with Gasteiger partial charge in [-0.15, -0.1) is 5.01 Å². The molecule has 1 heterocycles. The van der Waals surface area contributed by atoms with Gasteiger partial charge in [-0.1, -0.05) is 13.8 Å². The Morgan fingerprint density at radius 1 is 1.46 bits per heavy atom. The Hall–Kier alpha value is -0.640. The van der Waals surface area contributed by atoms with E-state index in [1.165, 1.54) is 0 Å². The van der Waals surface area contributed by atoms with E-state index in [4.69, 9.17) is 0 Å². The van der Waals surface area contributed by atoms with Crippen LogP contribution in [-0.2, 0) is 0 Å². The van der Waals surface area contributed by atoms with Crippen LogP contribution < -0.4 is 0 Å². The monoisotopic (exact) mass is 186 g/mol. The predicted octanol–water partition coefficient (Wildman–Crippen LogP) is 0.582. The second-order valence-corrected chi connectivity index (χ2v) is 4.42. The molecule has 76 valence electrons. The second kappa shape index (κ2) is 4.05. The van der Waals surface area contributed by atoms with Gasteiger partial charge in [-0.05, 0) is 5.92 Å². The zero-order valence-electron chi connectivity index (χ0n) is 9.03. The molecule has 0 atom stereocenters. The average molecular weight is 186 g/mol. The number of hydrazine groups is 1.